The molecule has 1 aliphatic heterocycles. The molecule has 122 valence electrons. The van der Waals surface area contributed by atoms with E-state index in [2.05, 4.69) is 22.1 Å². The van der Waals surface area contributed by atoms with Gasteiger partial charge in [0.05, 0.1) is 0 Å². The van der Waals surface area contributed by atoms with Crippen LogP contribution in [0.5, 0.6) is 0 Å². The number of carbonyl (C=O) groups excluding carboxylic acids is 1. The molecule has 3 rings (SSSR count). The Morgan fingerprint density at radius 1 is 1.30 bits per heavy atom. The molecule has 2 aromatic rings. The Hall–Kier alpha value is -2.14. The first-order valence-corrected chi connectivity index (χ1v) is 8.13. The molecule has 0 spiro atoms. The fourth-order valence-corrected chi connectivity index (χ4v) is 3.10. The van der Waals surface area contributed by atoms with Crippen molar-refractivity contribution in [2.45, 2.75) is 25.7 Å². The van der Waals surface area contributed by atoms with Gasteiger partial charge in [0.2, 0.25) is 0 Å². The van der Waals surface area contributed by atoms with Crippen LogP contribution >= 0.6 is 0 Å². The van der Waals surface area contributed by atoms with Crippen LogP contribution in [0.15, 0.2) is 36.5 Å². The number of aromatic nitrogens is 1. The van der Waals surface area contributed by atoms with E-state index in [-0.39, 0.29) is 11.7 Å². The van der Waals surface area contributed by atoms with Crippen LogP contribution in [0.4, 0.5) is 10.2 Å². The minimum atomic E-state index is -0.345. The summed E-state index contributed by atoms with van der Waals surface area (Å²) in [6.07, 6.45) is 4.28. The molecule has 0 unspecified atom stereocenters. The van der Waals surface area contributed by atoms with E-state index < -0.39 is 0 Å². The van der Waals surface area contributed by atoms with Gasteiger partial charge in [0, 0.05) is 11.8 Å². The molecule has 1 saturated heterocycles. The molecule has 1 amide bonds. The Kier molecular flexibility index (Phi) is 4.76. The van der Waals surface area contributed by atoms with Crippen LogP contribution in [0.2, 0.25) is 0 Å². The molecular weight excluding hydrogens is 293 g/mol. The fourth-order valence-electron chi connectivity index (χ4n) is 3.10. The lowest BCUT2D eigenvalue weighted by atomic mass is 9.91. The maximum Gasteiger partial charge on any atom is 0.256 e. The first-order chi connectivity index (χ1) is 11.2. The zero-order chi connectivity index (χ0) is 16.2. The van der Waals surface area contributed by atoms with Crippen molar-refractivity contribution in [2.24, 2.45) is 0 Å². The molecule has 23 heavy (non-hydrogen) atoms. The number of rotatable bonds is 4. The summed E-state index contributed by atoms with van der Waals surface area (Å²) in [5.41, 5.74) is 1.69. The Morgan fingerprint density at radius 2 is 2.00 bits per heavy atom. The summed E-state index contributed by atoms with van der Waals surface area (Å²) >= 11 is 0. The van der Waals surface area contributed by atoms with Gasteiger partial charge in [-0.2, -0.15) is 0 Å². The second kappa shape index (κ2) is 6.96. The number of carbonyl (C=O) groups is 1. The normalized spacial score (nSPS) is 16.4. The highest BCUT2D eigenvalue weighted by Gasteiger charge is 2.20. The average Bonchev–Trinajstić information content (AvgIpc) is 3.04. The highest BCUT2D eigenvalue weighted by molar-refractivity contribution is 6.03. The topological polar surface area (TPSA) is 48.1 Å². The number of nitrogens with zero attached hydrogens (tertiary/aromatic N) is 1. The first kappa shape index (κ1) is 15.7. The summed E-state index contributed by atoms with van der Waals surface area (Å²) in [7, 11) is 0. The lowest BCUT2D eigenvalue weighted by molar-refractivity contribution is 0.102. The number of hydrogen-bond acceptors (Lipinski definition) is 2. The van der Waals surface area contributed by atoms with Gasteiger partial charge in [0.15, 0.2) is 0 Å². The summed E-state index contributed by atoms with van der Waals surface area (Å²) in [6, 6.07) is 7.55. The molecule has 0 aliphatic carbocycles. The smallest absolute Gasteiger partial charge is 0.256 e. The molecule has 0 saturated carbocycles. The standard InChI is InChI=1S/C18H22FN3O/c1-2-22-9-7-13(8-10-22)15-11-17(20-12-15)21-18(23)14-3-5-16(19)6-4-14/h3-6,11-13,20H,2,7-10H2,1H3,(H,21,23). The predicted molar refractivity (Wildman–Crippen MR) is 89.2 cm³/mol. The number of amides is 1. The van der Waals surface area contributed by atoms with Gasteiger partial charge in [-0.3, -0.25) is 4.79 Å². The largest absolute Gasteiger partial charge is 0.348 e. The van der Waals surface area contributed by atoms with E-state index in [4.69, 9.17) is 0 Å². The molecule has 1 aliphatic rings. The molecule has 1 aromatic carbocycles. The van der Waals surface area contributed by atoms with Crippen molar-refractivity contribution in [1.82, 2.24) is 9.88 Å². The molecule has 0 radical (unpaired) electrons. The second-order valence-corrected chi connectivity index (χ2v) is 6.02. The number of aromatic amines is 1. The Balaban J connectivity index is 1.61. The van der Waals surface area contributed by atoms with E-state index in [0.717, 1.165) is 32.5 Å². The predicted octanol–water partition coefficient (Wildman–Crippen LogP) is 3.61. The third kappa shape index (κ3) is 3.79. The van der Waals surface area contributed by atoms with Crippen molar-refractivity contribution in [2.75, 3.05) is 25.0 Å². The van der Waals surface area contributed by atoms with Gasteiger partial charge in [-0.1, -0.05) is 6.92 Å². The van der Waals surface area contributed by atoms with E-state index in [1.165, 1.54) is 29.8 Å². The summed E-state index contributed by atoms with van der Waals surface area (Å²) in [5, 5.41) is 2.83. The number of piperidine rings is 1. The van der Waals surface area contributed by atoms with Crippen LogP contribution in [-0.2, 0) is 0 Å². The average molecular weight is 315 g/mol. The van der Waals surface area contributed by atoms with Crippen LogP contribution in [0.3, 0.4) is 0 Å². The van der Waals surface area contributed by atoms with Gasteiger partial charge >= 0.3 is 0 Å². The second-order valence-electron chi connectivity index (χ2n) is 6.02. The molecule has 2 N–H and O–H groups in total. The number of benzene rings is 1. The summed E-state index contributed by atoms with van der Waals surface area (Å²) < 4.78 is 12.9. The van der Waals surface area contributed by atoms with Crippen molar-refractivity contribution in [3.8, 4) is 0 Å². The lowest BCUT2D eigenvalue weighted by Crippen LogP contribution is -2.32. The van der Waals surface area contributed by atoms with Crippen molar-refractivity contribution in [1.29, 1.82) is 0 Å². The van der Waals surface area contributed by atoms with Gasteiger partial charge in [-0.05, 0) is 74.3 Å². The summed E-state index contributed by atoms with van der Waals surface area (Å²) in [5.74, 6) is 0.652. The monoisotopic (exact) mass is 315 g/mol. The quantitative estimate of drug-likeness (QED) is 0.905. The number of likely N-dealkylation sites (tertiary alicyclic amines) is 1. The Morgan fingerprint density at radius 3 is 2.65 bits per heavy atom. The zero-order valence-corrected chi connectivity index (χ0v) is 13.3. The van der Waals surface area contributed by atoms with Crippen molar-refractivity contribution < 1.29 is 9.18 Å². The van der Waals surface area contributed by atoms with Crippen molar-refractivity contribution >= 4 is 11.7 Å². The van der Waals surface area contributed by atoms with Crippen LogP contribution in [0.25, 0.3) is 0 Å². The molecule has 0 atom stereocenters. The molecule has 4 nitrogen and oxygen atoms in total. The number of hydrogen-bond donors (Lipinski definition) is 2. The number of H-pyrrole nitrogens is 1. The van der Waals surface area contributed by atoms with Gasteiger partial charge in [-0.15, -0.1) is 0 Å². The molecule has 2 heterocycles. The van der Waals surface area contributed by atoms with E-state index in [9.17, 15) is 9.18 Å². The molecule has 0 bridgehead atoms. The third-order valence-corrected chi connectivity index (χ3v) is 4.57. The van der Waals surface area contributed by atoms with Crippen LogP contribution in [-0.4, -0.2) is 35.4 Å². The molecule has 1 fully saturated rings. The number of halogens is 1. The highest BCUT2D eigenvalue weighted by Crippen LogP contribution is 2.29. The SMILES string of the molecule is CCN1CCC(c2c[nH]c(NC(=O)c3ccc(F)cc3)c2)CC1. The van der Waals surface area contributed by atoms with Crippen molar-refractivity contribution in [3.63, 3.8) is 0 Å². The van der Waals surface area contributed by atoms with E-state index in [1.807, 2.05) is 12.3 Å². The van der Waals surface area contributed by atoms with Gasteiger partial charge in [-0.25, -0.2) is 4.39 Å². The van der Waals surface area contributed by atoms with Gasteiger partial charge in [0.25, 0.3) is 5.91 Å². The van der Waals surface area contributed by atoms with Crippen LogP contribution in [0, 0.1) is 5.82 Å². The number of nitrogens with one attached hydrogen (secondary N) is 2. The minimum Gasteiger partial charge on any atom is -0.348 e. The Labute approximate surface area is 135 Å². The summed E-state index contributed by atoms with van der Waals surface area (Å²) in [6.45, 7) is 5.56. The fraction of sp³-hybridized carbons (Fsp3) is 0.389. The Bertz CT molecular complexity index is 657. The highest BCUT2D eigenvalue weighted by atomic mass is 19.1. The maximum atomic E-state index is 12.9. The third-order valence-electron chi connectivity index (χ3n) is 4.57. The molecular formula is C18H22FN3O. The minimum absolute atomic E-state index is 0.237. The van der Waals surface area contributed by atoms with E-state index >= 15 is 0 Å². The van der Waals surface area contributed by atoms with Gasteiger partial charge < -0.3 is 15.2 Å². The van der Waals surface area contributed by atoms with Crippen LogP contribution < -0.4 is 5.32 Å². The van der Waals surface area contributed by atoms with Crippen LogP contribution in [0.1, 0.15) is 41.6 Å². The maximum absolute atomic E-state index is 12.9. The van der Waals surface area contributed by atoms with E-state index in [0.29, 0.717) is 17.3 Å². The van der Waals surface area contributed by atoms with E-state index in [1.54, 1.807) is 0 Å². The summed E-state index contributed by atoms with van der Waals surface area (Å²) in [4.78, 5) is 17.7. The molecule has 5 heteroatoms. The molecule has 1 aromatic heterocycles. The zero-order valence-electron chi connectivity index (χ0n) is 13.3. The first-order valence-electron chi connectivity index (χ1n) is 8.13. The number of anilines is 1. The van der Waals surface area contributed by atoms with Gasteiger partial charge in [0.1, 0.15) is 11.6 Å². The van der Waals surface area contributed by atoms with Crippen molar-refractivity contribution in [3.05, 3.63) is 53.5 Å². The lowest BCUT2D eigenvalue weighted by Gasteiger charge is -2.30.